The molecule has 0 atom stereocenters. The molecule has 0 aliphatic rings. The van der Waals surface area contributed by atoms with Crippen LogP contribution in [0.15, 0.2) is 29.3 Å². The number of nitrogens with zero attached hydrogens (tertiary/aromatic N) is 2. The summed E-state index contributed by atoms with van der Waals surface area (Å²) in [7, 11) is 0. The van der Waals surface area contributed by atoms with Crippen molar-refractivity contribution >= 4 is 17.8 Å². The second-order valence-corrected chi connectivity index (χ2v) is 7.39. The number of hydrogen-bond acceptors (Lipinski definition) is 4. The molecule has 0 aliphatic heterocycles. The van der Waals surface area contributed by atoms with E-state index in [1.165, 1.54) is 0 Å². The van der Waals surface area contributed by atoms with Crippen LogP contribution in [0.25, 0.3) is 0 Å². The summed E-state index contributed by atoms with van der Waals surface area (Å²) in [5.74, 6) is -0.130. The average molecular weight is 405 g/mol. The summed E-state index contributed by atoms with van der Waals surface area (Å²) in [6.45, 7) is 13.7. The number of nitrogens with two attached hydrogens (primary N) is 1. The molecule has 0 heterocycles. The number of rotatable bonds is 11. The normalized spacial score (nSPS) is 11.8. The molecule has 0 aromatic heterocycles. The van der Waals surface area contributed by atoms with E-state index in [2.05, 4.69) is 53.5 Å². The summed E-state index contributed by atoms with van der Waals surface area (Å²) in [6, 6.07) is 8.12. The summed E-state index contributed by atoms with van der Waals surface area (Å²) < 4.78 is 0. The number of aliphatic imine (C=N–C) groups is 1. The summed E-state index contributed by atoms with van der Waals surface area (Å²) in [5, 5.41) is 9.10. The van der Waals surface area contributed by atoms with Gasteiger partial charge in [-0.05, 0) is 52.3 Å². The Balaban J connectivity index is 2.61. The highest BCUT2D eigenvalue weighted by Gasteiger charge is 2.12. The van der Waals surface area contributed by atoms with E-state index in [4.69, 9.17) is 5.73 Å². The van der Waals surface area contributed by atoms with Gasteiger partial charge in [-0.2, -0.15) is 0 Å². The van der Waals surface area contributed by atoms with E-state index < -0.39 is 5.91 Å². The fourth-order valence-corrected chi connectivity index (χ4v) is 2.96. The molecule has 162 valence electrons. The highest BCUT2D eigenvalue weighted by atomic mass is 16.2. The topological polar surface area (TPSA) is 112 Å². The van der Waals surface area contributed by atoms with Crippen molar-refractivity contribution in [1.29, 1.82) is 0 Å². The Morgan fingerprint density at radius 2 is 1.66 bits per heavy atom. The molecule has 1 aromatic carbocycles. The Morgan fingerprint density at radius 3 is 2.17 bits per heavy atom. The van der Waals surface area contributed by atoms with Crippen LogP contribution in [-0.2, 0) is 11.3 Å². The number of carbonyl (C=O) groups is 2. The lowest BCUT2D eigenvalue weighted by Crippen LogP contribution is -2.45. The van der Waals surface area contributed by atoms with Crippen molar-refractivity contribution in [2.24, 2.45) is 10.7 Å². The fraction of sp³-hybridized carbons (Fsp3) is 0.571. The van der Waals surface area contributed by atoms with Gasteiger partial charge in [-0.3, -0.25) is 14.5 Å². The number of hydrogen-bond donors (Lipinski definition) is 4. The predicted octanol–water partition coefficient (Wildman–Crippen LogP) is 1.08. The number of nitrogens with one attached hydrogen (secondary N) is 3. The quantitative estimate of drug-likeness (QED) is 0.326. The number of amides is 2. The zero-order valence-corrected chi connectivity index (χ0v) is 18.3. The van der Waals surface area contributed by atoms with Gasteiger partial charge in [0.05, 0.1) is 13.1 Å². The molecular formula is C21H36N6O2. The van der Waals surface area contributed by atoms with Crippen LogP contribution in [-0.4, -0.2) is 60.9 Å². The van der Waals surface area contributed by atoms with Crippen LogP contribution in [0.2, 0.25) is 0 Å². The van der Waals surface area contributed by atoms with Crippen molar-refractivity contribution in [3.8, 4) is 0 Å². The molecule has 8 heteroatoms. The molecular weight excluding hydrogens is 368 g/mol. The second-order valence-electron chi connectivity index (χ2n) is 7.39. The Labute approximate surface area is 174 Å². The van der Waals surface area contributed by atoms with Crippen molar-refractivity contribution in [2.75, 3.05) is 26.2 Å². The van der Waals surface area contributed by atoms with Crippen molar-refractivity contribution in [3.05, 3.63) is 35.4 Å². The molecule has 0 spiro atoms. The minimum absolute atomic E-state index is 0.173. The van der Waals surface area contributed by atoms with Crippen LogP contribution in [0.5, 0.6) is 0 Å². The maximum atomic E-state index is 11.9. The molecule has 0 fully saturated rings. The number of benzene rings is 1. The summed E-state index contributed by atoms with van der Waals surface area (Å²) >= 11 is 0. The predicted molar refractivity (Wildman–Crippen MR) is 118 cm³/mol. The van der Waals surface area contributed by atoms with Gasteiger partial charge in [0.15, 0.2) is 5.96 Å². The molecule has 8 nitrogen and oxygen atoms in total. The van der Waals surface area contributed by atoms with E-state index in [0.29, 0.717) is 24.2 Å². The first-order valence-electron chi connectivity index (χ1n) is 10.2. The Hall–Kier alpha value is -2.61. The first-order chi connectivity index (χ1) is 13.7. The number of carbonyl (C=O) groups excluding carboxylic acids is 2. The fourth-order valence-electron chi connectivity index (χ4n) is 2.96. The van der Waals surface area contributed by atoms with E-state index in [9.17, 15) is 9.59 Å². The SMILES string of the molecule is CCNC(=NCc1ccc(C(=O)NCC(N)=O)cc1)NCCN(C(C)C)C(C)C. The third-order valence-electron chi connectivity index (χ3n) is 4.39. The highest BCUT2D eigenvalue weighted by Crippen LogP contribution is 2.06. The molecule has 0 aliphatic carbocycles. The number of primary amides is 1. The van der Waals surface area contributed by atoms with Gasteiger partial charge >= 0.3 is 0 Å². The third-order valence-corrected chi connectivity index (χ3v) is 4.39. The number of guanidine groups is 1. The van der Waals surface area contributed by atoms with Gasteiger partial charge in [0.2, 0.25) is 5.91 Å². The Kier molecular flexibility index (Phi) is 10.8. The van der Waals surface area contributed by atoms with E-state index in [1.54, 1.807) is 12.1 Å². The average Bonchev–Trinajstić information content (AvgIpc) is 2.67. The van der Waals surface area contributed by atoms with Crippen molar-refractivity contribution in [2.45, 2.75) is 53.2 Å². The standard InChI is InChI=1S/C21H36N6O2/c1-6-23-21(24-11-12-27(15(2)3)16(4)5)26-13-17-7-9-18(10-8-17)20(29)25-14-19(22)28/h7-10,15-16H,6,11-14H2,1-5H3,(H2,22,28)(H,25,29)(H2,23,24,26). The maximum absolute atomic E-state index is 11.9. The lowest BCUT2D eigenvalue weighted by Gasteiger charge is -2.30. The first-order valence-corrected chi connectivity index (χ1v) is 10.2. The zero-order chi connectivity index (χ0) is 21.8. The van der Waals surface area contributed by atoms with Crippen LogP contribution in [0.4, 0.5) is 0 Å². The second kappa shape index (κ2) is 12.8. The molecule has 5 N–H and O–H groups in total. The summed E-state index contributed by atoms with van der Waals surface area (Å²) in [5.41, 5.74) is 6.50. The highest BCUT2D eigenvalue weighted by molar-refractivity contribution is 5.96. The van der Waals surface area contributed by atoms with E-state index in [0.717, 1.165) is 31.2 Å². The lowest BCUT2D eigenvalue weighted by atomic mass is 10.1. The largest absolute Gasteiger partial charge is 0.368 e. The van der Waals surface area contributed by atoms with Crippen LogP contribution in [0.3, 0.4) is 0 Å². The van der Waals surface area contributed by atoms with E-state index >= 15 is 0 Å². The van der Waals surface area contributed by atoms with Crippen molar-refractivity contribution in [3.63, 3.8) is 0 Å². The molecule has 1 aromatic rings. The first kappa shape index (κ1) is 24.4. The summed E-state index contributed by atoms with van der Waals surface area (Å²) in [4.78, 5) is 29.7. The molecule has 0 unspecified atom stereocenters. The summed E-state index contributed by atoms with van der Waals surface area (Å²) in [6.07, 6.45) is 0. The Morgan fingerprint density at radius 1 is 1.03 bits per heavy atom. The molecule has 2 amide bonds. The van der Waals surface area contributed by atoms with Crippen LogP contribution >= 0.6 is 0 Å². The van der Waals surface area contributed by atoms with Crippen molar-refractivity contribution in [1.82, 2.24) is 20.9 Å². The van der Waals surface area contributed by atoms with Crippen LogP contribution < -0.4 is 21.7 Å². The molecule has 1 rings (SSSR count). The van der Waals surface area contributed by atoms with Crippen molar-refractivity contribution < 1.29 is 9.59 Å². The third kappa shape index (κ3) is 9.43. The van der Waals surface area contributed by atoms with Gasteiger partial charge in [0.25, 0.3) is 5.91 Å². The van der Waals surface area contributed by atoms with Gasteiger partial charge in [-0.25, -0.2) is 4.99 Å². The molecule has 0 radical (unpaired) electrons. The molecule has 0 saturated carbocycles. The van der Waals surface area contributed by atoms with Gasteiger partial charge < -0.3 is 21.7 Å². The minimum atomic E-state index is -0.572. The van der Waals surface area contributed by atoms with Gasteiger partial charge in [-0.1, -0.05) is 12.1 Å². The van der Waals surface area contributed by atoms with Gasteiger partial charge in [0.1, 0.15) is 0 Å². The molecule has 29 heavy (non-hydrogen) atoms. The van der Waals surface area contributed by atoms with Crippen LogP contribution in [0, 0.1) is 0 Å². The molecule has 0 saturated heterocycles. The lowest BCUT2D eigenvalue weighted by molar-refractivity contribution is -0.117. The van der Waals surface area contributed by atoms with Gasteiger partial charge in [-0.15, -0.1) is 0 Å². The van der Waals surface area contributed by atoms with E-state index in [-0.39, 0.29) is 12.5 Å². The maximum Gasteiger partial charge on any atom is 0.251 e. The minimum Gasteiger partial charge on any atom is -0.368 e. The molecule has 0 bridgehead atoms. The monoisotopic (exact) mass is 404 g/mol. The smallest absolute Gasteiger partial charge is 0.251 e. The van der Waals surface area contributed by atoms with Gasteiger partial charge in [0, 0.05) is 37.3 Å². The zero-order valence-electron chi connectivity index (χ0n) is 18.3. The van der Waals surface area contributed by atoms with E-state index in [1.807, 2.05) is 19.1 Å². The van der Waals surface area contributed by atoms with Crippen LogP contribution in [0.1, 0.15) is 50.5 Å². The Bertz CT molecular complexity index is 662.